The predicted molar refractivity (Wildman–Crippen MR) is 105 cm³/mol. The van der Waals surface area contributed by atoms with Gasteiger partial charge in [0.15, 0.2) is 0 Å². The van der Waals surface area contributed by atoms with Gasteiger partial charge in [0.2, 0.25) is 0 Å². The van der Waals surface area contributed by atoms with Gasteiger partial charge in [-0.1, -0.05) is 57.2 Å². The molecule has 2 aromatic carbocycles. The van der Waals surface area contributed by atoms with Gasteiger partial charge in [0.05, 0.1) is 0 Å². The summed E-state index contributed by atoms with van der Waals surface area (Å²) in [6.45, 7) is 10.0. The van der Waals surface area contributed by atoms with E-state index in [1.807, 2.05) is 0 Å². The molecule has 4 rings (SSSR count). The maximum absolute atomic E-state index is 3.76. The highest BCUT2D eigenvalue weighted by atomic mass is 14.9. The molecular weight excluding hydrogens is 304 g/mol. The van der Waals surface area contributed by atoms with Crippen molar-refractivity contribution in [3.63, 3.8) is 0 Å². The van der Waals surface area contributed by atoms with Crippen molar-refractivity contribution >= 4 is 0 Å². The molecule has 2 N–H and O–H groups in total. The monoisotopic (exact) mass is 334 g/mol. The van der Waals surface area contributed by atoms with E-state index in [-0.39, 0.29) is 0 Å². The largest absolute Gasteiger partial charge is 0.310 e. The Labute approximate surface area is 152 Å². The molecule has 0 aromatic heterocycles. The standard InChI is InChI=1S/C23H30N2/c1-15(2)17-4-6-20-14-25-23(11-21(20)9-17)8-16(3)18-5-7-19-12-24-13-22(19)10-18/h4-7,9-10,15-16,23-25H,8,11-14H2,1-3H3. The fourth-order valence-electron chi connectivity index (χ4n) is 4.31. The second kappa shape index (κ2) is 6.93. The number of benzene rings is 2. The highest BCUT2D eigenvalue weighted by molar-refractivity contribution is 5.37. The maximum Gasteiger partial charge on any atom is 0.0212 e. The van der Waals surface area contributed by atoms with Crippen molar-refractivity contribution in [3.8, 4) is 0 Å². The molecule has 0 bridgehead atoms. The van der Waals surface area contributed by atoms with E-state index in [2.05, 4.69) is 67.8 Å². The average Bonchev–Trinajstić information content (AvgIpc) is 3.08. The van der Waals surface area contributed by atoms with Crippen LogP contribution in [0.1, 0.15) is 72.4 Å². The Hall–Kier alpha value is -1.64. The molecule has 2 unspecified atom stereocenters. The van der Waals surface area contributed by atoms with E-state index in [0.717, 1.165) is 26.1 Å². The Balaban J connectivity index is 1.46. The van der Waals surface area contributed by atoms with Crippen LogP contribution in [0.4, 0.5) is 0 Å². The number of nitrogens with one attached hydrogen (secondary N) is 2. The van der Waals surface area contributed by atoms with Gasteiger partial charge in [0.25, 0.3) is 0 Å². The Morgan fingerprint density at radius 1 is 0.840 bits per heavy atom. The lowest BCUT2D eigenvalue weighted by molar-refractivity contribution is 0.425. The molecule has 2 atom stereocenters. The van der Waals surface area contributed by atoms with Crippen LogP contribution < -0.4 is 10.6 Å². The van der Waals surface area contributed by atoms with Crippen molar-refractivity contribution in [3.05, 3.63) is 69.8 Å². The zero-order valence-corrected chi connectivity index (χ0v) is 15.7. The minimum absolute atomic E-state index is 0.580. The van der Waals surface area contributed by atoms with E-state index in [1.165, 1.54) is 34.2 Å². The number of hydrogen-bond donors (Lipinski definition) is 2. The molecular formula is C23H30N2. The third-order valence-corrected chi connectivity index (χ3v) is 6.01. The van der Waals surface area contributed by atoms with Gasteiger partial charge >= 0.3 is 0 Å². The number of fused-ring (bicyclic) bond motifs is 2. The fourth-order valence-corrected chi connectivity index (χ4v) is 4.31. The summed E-state index contributed by atoms with van der Waals surface area (Å²) in [5.74, 6) is 1.20. The van der Waals surface area contributed by atoms with Gasteiger partial charge < -0.3 is 10.6 Å². The molecule has 0 amide bonds. The Morgan fingerprint density at radius 2 is 1.52 bits per heavy atom. The molecule has 2 heteroatoms. The van der Waals surface area contributed by atoms with E-state index in [9.17, 15) is 0 Å². The maximum atomic E-state index is 3.76. The molecule has 2 aliphatic heterocycles. The normalized spacial score (nSPS) is 20.4. The van der Waals surface area contributed by atoms with Crippen LogP contribution >= 0.6 is 0 Å². The summed E-state index contributed by atoms with van der Waals surface area (Å²) in [6.07, 6.45) is 2.37. The summed E-state index contributed by atoms with van der Waals surface area (Å²) in [4.78, 5) is 0. The number of hydrogen-bond acceptors (Lipinski definition) is 2. The predicted octanol–water partition coefficient (Wildman–Crippen LogP) is 4.62. The van der Waals surface area contributed by atoms with E-state index in [4.69, 9.17) is 0 Å². The molecule has 2 nitrogen and oxygen atoms in total. The van der Waals surface area contributed by atoms with Crippen LogP contribution in [-0.4, -0.2) is 6.04 Å². The summed E-state index contributed by atoms with van der Waals surface area (Å²) in [7, 11) is 0. The fraction of sp³-hybridized carbons (Fsp3) is 0.478. The second-order valence-electron chi connectivity index (χ2n) is 8.23. The third-order valence-electron chi connectivity index (χ3n) is 6.01. The lowest BCUT2D eigenvalue weighted by Crippen LogP contribution is -2.36. The van der Waals surface area contributed by atoms with E-state index in [1.54, 1.807) is 5.56 Å². The van der Waals surface area contributed by atoms with Crippen molar-refractivity contribution in [1.82, 2.24) is 10.6 Å². The van der Waals surface area contributed by atoms with Gasteiger partial charge in [-0.15, -0.1) is 0 Å². The quantitative estimate of drug-likeness (QED) is 0.852. The molecule has 0 saturated heterocycles. The van der Waals surface area contributed by atoms with Gasteiger partial charge in [0, 0.05) is 25.7 Å². The first kappa shape index (κ1) is 16.8. The molecule has 2 heterocycles. The van der Waals surface area contributed by atoms with Crippen LogP contribution in [0.3, 0.4) is 0 Å². The van der Waals surface area contributed by atoms with Crippen molar-refractivity contribution < 1.29 is 0 Å². The molecule has 132 valence electrons. The lowest BCUT2D eigenvalue weighted by atomic mass is 9.85. The van der Waals surface area contributed by atoms with Crippen LogP contribution in [0.25, 0.3) is 0 Å². The first-order valence-electron chi connectivity index (χ1n) is 9.77. The van der Waals surface area contributed by atoms with E-state index in [0.29, 0.717) is 17.9 Å². The molecule has 25 heavy (non-hydrogen) atoms. The van der Waals surface area contributed by atoms with Gasteiger partial charge in [-0.25, -0.2) is 0 Å². The zero-order chi connectivity index (χ0) is 17.4. The van der Waals surface area contributed by atoms with Gasteiger partial charge in [0.1, 0.15) is 0 Å². The average molecular weight is 335 g/mol. The second-order valence-corrected chi connectivity index (χ2v) is 8.23. The number of rotatable bonds is 4. The Morgan fingerprint density at radius 3 is 2.32 bits per heavy atom. The summed E-state index contributed by atoms with van der Waals surface area (Å²) in [6, 6.07) is 14.7. The summed E-state index contributed by atoms with van der Waals surface area (Å²) >= 11 is 0. The highest BCUT2D eigenvalue weighted by Gasteiger charge is 2.22. The van der Waals surface area contributed by atoms with Crippen molar-refractivity contribution in [1.29, 1.82) is 0 Å². The minimum Gasteiger partial charge on any atom is -0.310 e. The summed E-state index contributed by atoms with van der Waals surface area (Å²) in [5.41, 5.74) is 8.97. The molecule has 2 aliphatic rings. The Kier molecular flexibility index (Phi) is 4.66. The van der Waals surface area contributed by atoms with Crippen molar-refractivity contribution in [2.45, 2.75) is 71.1 Å². The van der Waals surface area contributed by atoms with E-state index < -0.39 is 0 Å². The molecule has 0 aliphatic carbocycles. The van der Waals surface area contributed by atoms with Crippen molar-refractivity contribution in [2.75, 3.05) is 0 Å². The van der Waals surface area contributed by atoms with Crippen LogP contribution in [0, 0.1) is 0 Å². The van der Waals surface area contributed by atoms with E-state index >= 15 is 0 Å². The van der Waals surface area contributed by atoms with Gasteiger partial charge in [-0.05, 0) is 58.1 Å². The SMILES string of the molecule is CC(C)c1ccc2c(c1)CC(CC(C)c1ccc3c(c1)CNC3)NC2. The van der Waals surface area contributed by atoms with Crippen LogP contribution in [-0.2, 0) is 26.1 Å². The first-order valence-corrected chi connectivity index (χ1v) is 9.77. The molecule has 2 aromatic rings. The highest BCUT2D eigenvalue weighted by Crippen LogP contribution is 2.29. The topological polar surface area (TPSA) is 24.1 Å². The van der Waals surface area contributed by atoms with Crippen LogP contribution in [0.5, 0.6) is 0 Å². The smallest absolute Gasteiger partial charge is 0.0212 e. The van der Waals surface area contributed by atoms with Gasteiger partial charge in [-0.2, -0.15) is 0 Å². The molecule has 0 saturated carbocycles. The van der Waals surface area contributed by atoms with Crippen LogP contribution in [0.15, 0.2) is 36.4 Å². The lowest BCUT2D eigenvalue weighted by Gasteiger charge is -2.29. The van der Waals surface area contributed by atoms with Crippen molar-refractivity contribution in [2.24, 2.45) is 0 Å². The van der Waals surface area contributed by atoms with Crippen LogP contribution in [0.2, 0.25) is 0 Å². The zero-order valence-electron chi connectivity index (χ0n) is 15.7. The summed E-state index contributed by atoms with van der Waals surface area (Å²) in [5, 5.41) is 7.21. The minimum atomic E-state index is 0.580. The summed E-state index contributed by atoms with van der Waals surface area (Å²) < 4.78 is 0. The third kappa shape index (κ3) is 3.51. The van der Waals surface area contributed by atoms with Gasteiger partial charge in [-0.3, -0.25) is 0 Å². The first-order chi connectivity index (χ1) is 12.1. The molecule has 0 radical (unpaired) electrons. The molecule has 0 spiro atoms. The Bertz CT molecular complexity index is 763. The molecule has 0 fully saturated rings.